The molecule has 0 atom stereocenters. The van der Waals surface area contributed by atoms with Gasteiger partial charge in [0.1, 0.15) is 11.4 Å². The molecule has 210 valence electrons. The van der Waals surface area contributed by atoms with Crippen molar-refractivity contribution >= 4 is 11.4 Å². The van der Waals surface area contributed by atoms with Crippen LogP contribution in [0.25, 0.3) is 0 Å². The maximum atomic E-state index is 12.5. The second-order valence-corrected chi connectivity index (χ2v) is 12.2. The molecule has 0 amide bonds. The number of nitrogens with zero attached hydrogens (tertiary/aromatic N) is 3. The van der Waals surface area contributed by atoms with Gasteiger partial charge in [-0.2, -0.15) is 0 Å². The number of rotatable bonds is 22. The van der Waals surface area contributed by atoms with E-state index in [9.17, 15) is 9.59 Å². The summed E-state index contributed by atoms with van der Waals surface area (Å²) in [6, 6.07) is 0. The zero-order chi connectivity index (χ0) is 27.0. The van der Waals surface area contributed by atoms with Crippen LogP contribution in [0.1, 0.15) is 125 Å². The lowest BCUT2D eigenvalue weighted by Crippen LogP contribution is -2.46. The summed E-state index contributed by atoms with van der Waals surface area (Å²) in [6.07, 6.45) is 17.9. The Bertz CT molecular complexity index is 745. The van der Waals surface area contributed by atoms with Crippen molar-refractivity contribution in [2.24, 2.45) is 5.41 Å². The largest absolute Gasteiger partial charge is 0.370 e. The molecule has 0 aliphatic carbocycles. The van der Waals surface area contributed by atoms with Crippen molar-refractivity contribution in [2.75, 3.05) is 56.6 Å². The fourth-order valence-corrected chi connectivity index (χ4v) is 5.00. The first-order valence-electron chi connectivity index (χ1n) is 15.1. The normalized spacial score (nSPS) is 12.1. The van der Waals surface area contributed by atoms with Gasteiger partial charge in [0, 0.05) is 33.7 Å². The lowest BCUT2D eigenvalue weighted by Gasteiger charge is -2.31. The van der Waals surface area contributed by atoms with Crippen LogP contribution in [0, 0.1) is 5.41 Å². The minimum atomic E-state index is -0.314. The number of hydrogen-bond donors (Lipinski definition) is 0. The van der Waals surface area contributed by atoms with E-state index >= 15 is 0 Å². The first-order valence-corrected chi connectivity index (χ1v) is 15.1. The third-order valence-electron chi connectivity index (χ3n) is 7.45. The standard InChI is InChI=1S/C31H59N3O2/c1-8-10-12-14-16-18-23-34(24-19-17-15-13-11-9-2)26-25-33(7)28-27(29(35)30(28)36)32(6)22-20-21-31(3,4)5/h8-26H2,1-7H3. The van der Waals surface area contributed by atoms with Gasteiger partial charge in [0.2, 0.25) is 0 Å². The van der Waals surface area contributed by atoms with Gasteiger partial charge in [0.25, 0.3) is 10.9 Å². The molecule has 0 bridgehead atoms. The highest BCUT2D eigenvalue weighted by Crippen LogP contribution is 2.25. The molecule has 36 heavy (non-hydrogen) atoms. The average Bonchev–Trinajstić information content (AvgIpc) is 2.82. The van der Waals surface area contributed by atoms with Gasteiger partial charge in [-0.1, -0.05) is 98.8 Å². The molecule has 0 aromatic heterocycles. The Morgan fingerprint density at radius 1 is 0.528 bits per heavy atom. The van der Waals surface area contributed by atoms with Crippen LogP contribution in [-0.2, 0) is 0 Å². The van der Waals surface area contributed by atoms with Crippen molar-refractivity contribution in [3.05, 3.63) is 20.4 Å². The fourth-order valence-electron chi connectivity index (χ4n) is 5.00. The molecule has 0 unspecified atom stereocenters. The molecule has 1 rings (SSSR count). The Morgan fingerprint density at radius 3 is 1.39 bits per heavy atom. The molecule has 0 fully saturated rings. The van der Waals surface area contributed by atoms with Crippen LogP contribution in [0.4, 0.5) is 11.4 Å². The Labute approximate surface area is 223 Å². The summed E-state index contributed by atoms with van der Waals surface area (Å²) in [5, 5.41) is 0. The van der Waals surface area contributed by atoms with Gasteiger partial charge in [0.05, 0.1) is 0 Å². The van der Waals surface area contributed by atoms with E-state index in [1.54, 1.807) is 0 Å². The van der Waals surface area contributed by atoms with Crippen molar-refractivity contribution in [3.8, 4) is 0 Å². The monoisotopic (exact) mass is 505 g/mol. The summed E-state index contributed by atoms with van der Waals surface area (Å²) in [5.74, 6) is 0. The Balaban J connectivity index is 2.63. The predicted molar refractivity (Wildman–Crippen MR) is 160 cm³/mol. The second kappa shape index (κ2) is 18.0. The second-order valence-electron chi connectivity index (χ2n) is 12.2. The molecule has 0 spiro atoms. The first-order chi connectivity index (χ1) is 17.1. The number of unbranched alkanes of at least 4 members (excludes halogenated alkanes) is 10. The van der Waals surface area contributed by atoms with Gasteiger partial charge in [-0.3, -0.25) is 9.59 Å². The molecule has 0 aliphatic rings. The lowest BCUT2D eigenvalue weighted by atomic mass is 9.90. The molecule has 1 aromatic carbocycles. The summed E-state index contributed by atoms with van der Waals surface area (Å²) in [7, 11) is 3.94. The van der Waals surface area contributed by atoms with Crippen molar-refractivity contribution in [2.45, 2.75) is 125 Å². The lowest BCUT2D eigenvalue weighted by molar-refractivity contribution is 0.266. The highest BCUT2D eigenvalue weighted by atomic mass is 16.2. The third-order valence-corrected chi connectivity index (χ3v) is 7.45. The SMILES string of the molecule is CCCCCCCCN(CCCCCCCC)CCN(C)c1c(N(C)CCCC(C)(C)C)c(=O)c1=O. The smallest absolute Gasteiger partial charge is 0.253 e. The minimum Gasteiger partial charge on any atom is -0.370 e. The summed E-state index contributed by atoms with van der Waals surface area (Å²) < 4.78 is 0. The van der Waals surface area contributed by atoms with E-state index in [0.29, 0.717) is 11.4 Å². The highest BCUT2D eigenvalue weighted by Gasteiger charge is 2.27. The molecule has 5 heteroatoms. The van der Waals surface area contributed by atoms with Crippen molar-refractivity contribution in [1.82, 2.24) is 4.90 Å². The van der Waals surface area contributed by atoms with Gasteiger partial charge >= 0.3 is 0 Å². The summed E-state index contributed by atoms with van der Waals surface area (Å²) >= 11 is 0. The zero-order valence-electron chi connectivity index (χ0n) is 25.1. The van der Waals surface area contributed by atoms with Crippen LogP contribution < -0.4 is 20.7 Å². The van der Waals surface area contributed by atoms with Crippen LogP contribution in [0.3, 0.4) is 0 Å². The van der Waals surface area contributed by atoms with Crippen LogP contribution in [0.5, 0.6) is 0 Å². The van der Waals surface area contributed by atoms with Crippen molar-refractivity contribution < 1.29 is 0 Å². The Morgan fingerprint density at radius 2 is 0.944 bits per heavy atom. The van der Waals surface area contributed by atoms with Gasteiger partial charge in [-0.15, -0.1) is 0 Å². The molecule has 0 aliphatic heterocycles. The first kappa shape index (κ1) is 32.7. The summed E-state index contributed by atoms with van der Waals surface area (Å²) in [5.41, 5.74) is 0.899. The van der Waals surface area contributed by atoms with Gasteiger partial charge < -0.3 is 14.7 Å². The quantitative estimate of drug-likeness (QED) is 0.125. The van der Waals surface area contributed by atoms with E-state index in [1.165, 1.54) is 77.0 Å². The Kier molecular flexibility index (Phi) is 16.3. The van der Waals surface area contributed by atoms with E-state index in [2.05, 4.69) is 39.5 Å². The van der Waals surface area contributed by atoms with Gasteiger partial charge in [-0.25, -0.2) is 0 Å². The van der Waals surface area contributed by atoms with Crippen LogP contribution in [-0.4, -0.2) is 51.7 Å². The Hall–Kier alpha value is -1.36. The number of anilines is 2. The summed E-state index contributed by atoms with van der Waals surface area (Å²) in [6.45, 7) is 16.1. The third kappa shape index (κ3) is 12.7. The van der Waals surface area contributed by atoms with Crippen molar-refractivity contribution in [3.63, 3.8) is 0 Å². The minimum absolute atomic E-state index is 0.281. The average molecular weight is 506 g/mol. The van der Waals surface area contributed by atoms with Gasteiger partial charge in [-0.05, 0) is 44.2 Å². The molecule has 0 N–H and O–H groups in total. The van der Waals surface area contributed by atoms with E-state index in [-0.39, 0.29) is 16.3 Å². The van der Waals surface area contributed by atoms with Crippen LogP contribution >= 0.6 is 0 Å². The maximum Gasteiger partial charge on any atom is 0.253 e. The zero-order valence-corrected chi connectivity index (χ0v) is 25.1. The topological polar surface area (TPSA) is 43.9 Å². The van der Waals surface area contributed by atoms with E-state index in [1.807, 2.05) is 23.9 Å². The van der Waals surface area contributed by atoms with E-state index in [0.717, 1.165) is 45.6 Å². The molecular formula is C31H59N3O2. The molecular weight excluding hydrogens is 446 g/mol. The van der Waals surface area contributed by atoms with E-state index in [4.69, 9.17) is 0 Å². The number of likely N-dealkylation sites (N-methyl/N-ethyl adjacent to an activating group) is 1. The van der Waals surface area contributed by atoms with E-state index < -0.39 is 0 Å². The van der Waals surface area contributed by atoms with Crippen LogP contribution in [0.15, 0.2) is 9.59 Å². The molecule has 1 aromatic rings. The van der Waals surface area contributed by atoms with Crippen LogP contribution in [0.2, 0.25) is 0 Å². The molecule has 5 nitrogen and oxygen atoms in total. The van der Waals surface area contributed by atoms with Gasteiger partial charge in [0.15, 0.2) is 0 Å². The van der Waals surface area contributed by atoms with Crippen molar-refractivity contribution in [1.29, 1.82) is 0 Å². The predicted octanol–water partition coefficient (Wildman–Crippen LogP) is 7.00. The molecule has 0 heterocycles. The summed E-state index contributed by atoms with van der Waals surface area (Å²) in [4.78, 5) is 31.6. The highest BCUT2D eigenvalue weighted by molar-refractivity contribution is 5.75. The maximum absolute atomic E-state index is 12.5. The molecule has 0 saturated heterocycles. The molecule has 0 saturated carbocycles. The fraction of sp³-hybridized carbons (Fsp3) is 0.871. The number of hydrogen-bond acceptors (Lipinski definition) is 5. The molecule has 0 radical (unpaired) electrons.